The van der Waals surface area contributed by atoms with E-state index in [1.54, 1.807) is 39.8 Å². The highest BCUT2D eigenvalue weighted by molar-refractivity contribution is 5.79. The molecule has 1 aromatic carbocycles. The van der Waals surface area contributed by atoms with E-state index in [1.807, 2.05) is 13.8 Å². The monoisotopic (exact) mass is 520 g/mol. The zero-order valence-corrected chi connectivity index (χ0v) is 21.5. The van der Waals surface area contributed by atoms with Crippen LogP contribution >= 0.6 is 0 Å². The van der Waals surface area contributed by atoms with Crippen LogP contribution in [-0.2, 0) is 4.79 Å². The Labute approximate surface area is 229 Å². The molecule has 6 nitrogen and oxygen atoms in total. The summed E-state index contributed by atoms with van der Waals surface area (Å²) in [6, 6.07) is 5.93. The lowest BCUT2D eigenvalue weighted by Gasteiger charge is -2.40. The van der Waals surface area contributed by atoms with Gasteiger partial charge in [-0.1, -0.05) is 44.2 Å². The molecule has 2 saturated heterocycles. The third-order valence-corrected chi connectivity index (χ3v) is 8.16. The molecule has 0 spiro atoms. The molecule has 2 aromatic rings. The predicted octanol–water partition coefficient (Wildman–Crippen LogP) is 5.95. The molecule has 2 unspecified atom stereocenters. The minimum Gasteiger partial charge on any atom is -0.349 e. The number of hydrogen-bond acceptors (Lipinski definition) is 4. The fourth-order valence-corrected chi connectivity index (χ4v) is 6.15. The summed E-state index contributed by atoms with van der Waals surface area (Å²) in [4.78, 5) is 14.9. The molecule has 3 aliphatic rings. The fourth-order valence-electron chi connectivity index (χ4n) is 6.15. The van der Waals surface area contributed by atoms with E-state index in [9.17, 15) is 19.1 Å². The molecule has 2 bridgehead atoms. The van der Waals surface area contributed by atoms with Crippen LogP contribution in [0.15, 0.2) is 30.3 Å². The molecule has 5 rings (SSSR count). The van der Waals surface area contributed by atoms with Crippen molar-refractivity contribution in [3.63, 3.8) is 0 Å². The van der Waals surface area contributed by atoms with Gasteiger partial charge in [0.25, 0.3) is 0 Å². The Morgan fingerprint density at radius 3 is 2.41 bits per heavy atom. The van der Waals surface area contributed by atoms with Gasteiger partial charge < -0.3 is 9.88 Å². The summed E-state index contributed by atoms with van der Waals surface area (Å²) in [5.41, 5.74) is 0.381. The Morgan fingerprint density at radius 2 is 1.78 bits per heavy atom. The lowest BCUT2D eigenvalue weighted by molar-refractivity contribution is -0.130. The van der Waals surface area contributed by atoms with Gasteiger partial charge in [0, 0.05) is 58.9 Å². The van der Waals surface area contributed by atoms with Crippen LogP contribution < -0.4 is 5.32 Å². The van der Waals surface area contributed by atoms with Crippen LogP contribution in [0.3, 0.4) is 0 Å². The van der Waals surface area contributed by atoms with Gasteiger partial charge in [-0.2, -0.15) is 0 Å². The summed E-state index contributed by atoms with van der Waals surface area (Å²) in [5.74, 6) is -3.70. The van der Waals surface area contributed by atoms with E-state index in [4.69, 9.17) is 4.11 Å². The Bertz CT molecular complexity index is 1310. The maximum atomic E-state index is 13.8. The van der Waals surface area contributed by atoms with Gasteiger partial charge >= 0.3 is 0 Å². The van der Waals surface area contributed by atoms with Crippen LogP contribution in [0, 0.1) is 12.8 Å². The molecule has 37 heavy (non-hydrogen) atoms. The highest BCUT2D eigenvalue weighted by atomic mass is 19.3. The minimum atomic E-state index is -2.82. The molecular weight excluding hydrogens is 472 g/mol. The second-order valence-corrected chi connectivity index (χ2v) is 11.1. The van der Waals surface area contributed by atoms with Crippen LogP contribution in [0.1, 0.15) is 116 Å². The van der Waals surface area contributed by atoms with Crippen LogP contribution in [0.5, 0.6) is 0 Å². The number of halogens is 2. The number of hydrogen-bond donors (Lipinski definition) is 1. The summed E-state index contributed by atoms with van der Waals surface area (Å²) in [6.45, 7) is -1.19. The number of carbonyl (C=O) groups is 1. The van der Waals surface area contributed by atoms with Crippen molar-refractivity contribution in [3.8, 4) is 0 Å². The Morgan fingerprint density at radius 1 is 1.11 bits per heavy atom. The van der Waals surface area contributed by atoms with E-state index < -0.39 is 56.4 Å². The van der Waals surface area contributed by atoms with E-state index in [0.717, 1.165) is 0 Å². The van der Waals surface area contributed by atoms with Gasteiger partial charge in [-0.15, -0.1) is 10.2 Å². The molecule has 8 heteroatoms. The quantitative estimate of drug-likeness (QED) is 0.467. The second kappa shape index (κ2) is 10.8. The number of nitrogens with one attached hydrogen (secondary N) is 1. The molecule has 1 N–H and O–H groups in total. The average molecular weight is 521 g/mol. The van der Waals surface area contributed by atoms with Crippen LogP contribution in [0.4, 0.5) is 8.78 Å². The second-order valence-electron chi connectivity index (χ2n) is 11.1. The number of benzene rings is 1. The first kappa shape index (κ1) is 18.8. The van der Waals surface area contributed by atoms with Crippen molar-refractivity contribution in [3.05, 3.63) is 47.5 Å². The zero-order chi connectivity index (χ0) is 32.2. The van der Waals surface area contributed by atoms with Gasteiger partial charge in [0.15, 0.2) is 0 Å². The van der Waals surface area contributed by atoms with Crippen LogP contribution in [0.25, 0.3) is 0 Å². The van der Waals surface area contributed by atoms with Gasteiger partial charge in [-0.25, -0.2) is 8.78 Å². The molecule has 3 fully saturated rings. The van der Waals surface area contributed by atoms with Crippen molar-refractivity contribution >= 4 is 5.91 Å². The first-order valence-electron chi connectivity index (χ1n) is 16.9. The first-order valence-corrected chi connectivity index (χ1v) is 13.4. The largest absolute Gasteiger partial charge is 0.349 e. The number of alkyl halides is 2. The van der Waals surface area contributed by atoms with E-state index in [1.165, 1.54) is 0 Å². The van der Waals surface area contributed by atoms with Crippen molar-refractivity contribution in [2.75, 3.05) is 6.50 Å². The molecule has 202 valence electrons. The smallest absolute Gasteiger partial charge is 0.248 e. The summed E-state index contributed by atoms with van der Waals surface area (Å²) in [6.07, 6.45) is -1.49. The summed E-state index contributed by atoms with van der Waals surface area (Å²) < 4.78 is 90.4. The standard InChI is InChI=1S/C29H41F2N5O/c1-19(2)27-34-33-20(3)36(27)25-17-23-9-10-24(18-25)35(23)16-13-26(21-7-5-4-6-8-21)32-28(37)22-11-14-29(30,31)15-12-22/h4-8,19,22-26H,9-18H2,1-3H3,(H,32,37)/t23?,24?,25?,26-/m0/s1/i3D3,13D2,16D2. The third kappa shape index (κ3) is 5.74. The lowest BCUT2D eigenvalue weighted by atomic mass is 9.86. The van der Waals surface area contributed by atoms with Crippen molar-refractivity contribution in [1.82, 2.24) is 25.0 Å². The van der Waals surface area contributed by atoms with Gasteiger partial charge in [-0.05, 0) is 57.3 Å². The van der Waals surface area contributed by atoms with Gasteiger partial charge in [0.2, 0.25) is 11.8 Å². The molecule has 0 radical (unpaired) electrons. The SMILES string of the molecule is [2H]C([2H])([2H])c1nnc(C(C)C)n1C1CC2CCC(C1)N2C([2H])([2H])C([2H])([2H])[C@H](NC(=O)C1CCC(F)(F)CC1)c1ccccc1. The molecule has 1 aliphatic carbocycles. The third-order valence-electron chi connectivity index (χ3n) is 8.16. The first-order chi connectivity index (χ1) is 20.4. The summed E-state index contributed by atoms with van der Waals surface area (Å²) >= 11 is 0. The molecular formula is C29H41F2N5O. The number of piperidine rings is 1. The fraction of sp³-hybridized carbons (Fsp3) is 0.690. The normalized spacial score (nSPS) is 30.8. The Kier molecular flexibility index (Phi) is 5.49. The number of fused-ring (bicyclic) bond motifs is 2. The van der Waals surface area contributed by atoms with E-state index in [-0.39, 0.29) is 42.7 Å². The lowest BCUT2D eigenvalue weighted by Crippen LogP contribution is -2.45. The number of amides is 1. The van der Waals surface area contributed by atoms with Crippen LogP contribution in [-0.4, -0.2) is 50.1 Å². The van der Waals surface area contributed by atoms with E-state index in [2.05, 4.69) is 15.5 Å². The molecule has 1 amide bonds. The molecule has 2 aliphatic heterocycles. The van der Waals surface area contributed by atoms with Crippen molar-refractivity contribution in [2.45, 2.75) is 114 Å². The minimum absolute atomic E-state index is 0.0202. The Hall–Kier alpha value is -2.35. The van der Waals surface area contributed by atoms with Gasteiger partial charge in [0.1, 0.15) is 11.6 Å². The molecule has 3 heterocycles. The number of rotatable bonds is 8. The van der Waals surface area contributed by atoms with Crippen molar-refractivity contribution in [1.29, 1.82) is 0 Å². The molecule has 3 atom stereocenters. The number of nitrogens with zero attached hydrogens (tertiary/aromatic N) is 4. The highest BCUT2D eigenvalue weighted by Gasteiger charge is 2.42. The number of aryl methyl sites for hydroxylation is 1. The van der Waals surface area contributed by atoms with Crippen LogP contribution in [0.2, 0.25) is 0 Å². The van der Waals surface area contributed by atoms with E-state index >= 15 is 0 Å². The maximum absolute atomic E-state index is 13.8. The number of aromatic nitrogens is 3. The zero-order valence-electron chi connectivity index (χ0n) is 28.5. The average Bonchev–Trinajstić information content (AvgIpc) is 3.52. The van der Waals surface area contributed by atoms with E-state index in [0.29, 0.717) is 37.1 Å². The van der Waals surface area contributed by atoms with Crippen molar-refractivity contribution < 1.29 is 23.2 Å². The summed E-state index contributed by atoms with van der Waals surface area (Å²) in [7, 11) is 0. The predicted molar refractivity (Wildman–Crippen MR) is 139 cm³/mol. The molecule has 1 saturated carbocycles. The van der Waals surface area contributed by atoms with Gasteiger partial charge in [-0.3, -0.25) is 9.69 Å². The van der Waals surface area contributed by atoms with Crippen molar-refractivity contribution in [2.24, 2.45) is 5.92 Å². The topological polar surface area (TPSA) is 63.1 Å². The molecule has 1 aromatic heterocycles. The summed E-state index contributed by atoms with van der Waals surface area (Å²) in [5, 5.41) is 10.9. The number of carbonyl (C=O) groups excluding carboxylic acids is 1. The highest BCUT2D eigenvalue weighted by Crippen LogP contribution is 2.42. The Balaban J connectivity index is 1.42. The maximum Gasteiger partial charge on any atom is 0.248 e. The van der Waals surface area contributed by atoms with Gasteiger partial charge in [0.05, 0.1) is 6.04 Å².